The lowest BCUT2D eigenvalue weighted by molar-refractivity contribution is -0.484. The quantitative estimate of drug-likeness (QED) is 0.186. The summed E-state index contributed by atoms with van der Waals surface area (Å²) in [5, 5.41) is 11.5. The lowest BCUT2D eigenvalue weighted by Gasteiger charge is -2.29. The number of allylic oxidation sites excluding steroid dienone is 2. The van der Waals surface area contributed by atoms with Gasteiger partial charge in [-0.15, -0.1) is 0 Å². The van der Waals surface area contributed by atoms with E-state index in [1.165, 1.54) is 13.2 Å². The van der Waals surface area contributed by atoms with Gasteiger partial charge in [-0.25, -0.2) is 0 Å². The number of Topliss-reactive ketones (excluding diaryl/α,β-unsaturated/α-hetero) is 1. The summed E-state index contributed by atoms with van der Waals surface area (Å²) in [5.74, 6) is -2.73. The highest BCUT2D eigenvalue weighted by Gasteiger charge is 2.45. The van der Waals surface area contributed by atoms with Crippen molar-refractivity contribution >= 4 is 11.8 Å². The first-order chi connectivity index (χ1) is 14.2. The number of ether oxygens (including phenoxy) is 4. The largest absolute Gasteiger partial charge is 0.493 e. The minimum atomic E-state index is -1.38. The molecule has 2 atom stereocenters. The standard InChI is InChI=1S/C21H27NO8/c1-6-8-21(3,4)19(23)17(20(24)28-7-2)14(11-22(25)26)13-9-15(27-5)18-16(10-13)29-12-30-18/h6,8-10,14,17H,7,11-12H2,1-5H3/b8-6+. The van der Waals surface area contributed by atoms with Gasteiger partial charge in [-0.2, -0.15) is 0 Å². The van der Waals surface area contributed by atoms with E-state index in [1.54, 1.807) is 45.9 Å². The van der Waals surface area contributed by atoms with E-state index in [0.717, 1.165) is 0 Å². The van der Waals surface area contributed by atoms with Crippen LogP contribution in [0.5, 0.6) is 17.2 Å². The fourth-order valence-corrected chi connectivity index (χ4v) is 3.51. The Kier molecular flexibility index (Phi) is 7.42. The zero-order chi connectivity index (χ0) is 22.5. The molecule has 0 aliphatic carbocycles. The minimum absolute atomic E-state index is 0.0242. The molecule has 1 aliphatic rings. The lowest BCUT2D eigenvalue weighted by Crippen LogP contribution is -2.41. The van der Waals surface area contributed by atoms with Crippen LogP contribution in [0.3, 0.4) is 0 Å². The van der Waals surface area contributed by atoms with E-state index in [4.69, 9.17) is 18.9 Å². The molecule has 1 aliphatic heterocycles. The molecule has 1 heterocycles. The molecule has 0 N–H and O–H groups in total. The maximum atomic E-state index is 13.4. The molecule has 0 saturated carbocycles. The number of hydrogen-bond acceptors (Lipinski definition) is 8. The van der Waals surface area contributed by atoms with Gasteiger partial charge in [-0.05, 0) is 45.4 Å². The first-order valence-corrected chi connectivity index (χ1v) is 9.60. The number of fused-ring (bicyclic) bond motifs is 1. The average molecular weight is 421 g/mol. The summed E-state index contributed by atoms with van der Waals surface area (Å²) >= 11 is 0. The Bertz CT molecular complexity index is 846. The van der Waals surface area contributed by atoms with E-state index in [2.05, 4.69) is 0 Å². The van der Waals surface area contributed by atoms with Gasteiger partial charge in [0.25, 0.3) is 0 Å². The second-order valence-electron chi connectivity index (χ2n) is 7.39. The summed E-state index contributed by atoms with van der Waals surface area (Å²) in [5.41, 5.74) is -0.669. The van der Waals surface area contributed by atoms with E-state index in [9.17, 15) is 19.7 Å². The number of rotatable bonds is 10. The molecule has 2 rings (SSSR count). The van der Waals surface area contributed by atoms with E-state index in [-0.39, 0.29) is 13.4 Å². The number of esters is 1. The highest BCUT2D eigenvalue weighted by molar-refractivity contribution is 6.03. The lowest BCUT2D eigenvalue weighted by atomic mass is 9.73. The Balaban J connectivity index is 2.63. The SMILES string of the molecule is C/C=C/C(C)(C)C(=O)C(C(=O)OCC)C(C[N+](=O)[O-])c1cc(OC)c2c(c1)OCO2. The van der Waals surface area contributed by atoms with Gasteiger partial charge in [-0.1, -0.05) is 12.2 Å². The molecule has 9 nitrogen and oxygen atoms in total. The third-order valence-corrected chi connectivity index (χ3v) is 4.90. The maximum absolute atomic E-state index is 13.4. The molecule has 1 aromatic rings. The van der Waals surface area contributed by atoms with Gasteiger partial charge in [-0.3, -0.25) is 19.7 Å². The average Bonchev–Trinajstić information content (AvgIpc) is 3.15. The van der Waals surface area contributed by atoms with E-state index in [0.29, 0.717) is 22.8 Å². The van der Waals surface area contributed by atoms with Crippen molar-refractivity contribution in [1.29, 1.82) is 0 Å². The van der Waals surface area contributed by atoms with Crippen LogP contribution in [0.4, 0.5) is 0 Å². The molecule has 0 saturated heterocycles. The molecule has 0 radical (unpaired) electrons. The van der Waals surface area contributed by atoms with Gasteiger partial charge in [0, 0.05) is 10.3 Å². The summed E-state index contributed by atoms with van der Waals surface area (Å²) in [6.07, 6.45) is 3.36. The number of ketones is 1. The van der Waals surface area contributed by atoms with Gasteiger partial charge in [0.05, 0.1) is 19.6 Å². The summed E-state index contributed by atoms with van der Waals surface area (Å²) in [4.78, 5) is 37.2. The van der Waals surface area contributed by atoms with Crippen molar-refractivity contribution in [2.45, 2.75) is 33.6 Å². The second kappa shape index (κ2) is 9.60. The van der Waals surface area contributed by atoms with Crippen LogP contribution in [0, 0.1) is 21.4 Å². The number of nitro groups is 1. The smallest absolute Gasteiger partial charge is 0.317 e. The third-order valence-electron chi connectivity index (χ3n) is 4.90. The molecule has 9 heteroatoms. The number of hydrogen-bond donors (Lipinski definition) is 0. The molecule has 0 amide bonds. The van der Waals surface area contributed by atoms with Gasteiger partial charge in [0.2, 0.25) is 19.1 Å². The molecule has 0 bridgehead atoms. The molecule has 30 heavy (non-hydrogen) atoms. The van der Waals surface area contributed by atoms with Gasteiger partial charge in [0.15, 0.2) is 17.3 Å². The fourth-order valence-electron chi connectivity index (χ4n) is 3.51. The van der Waals surface area contributed by atoms with Gasteiger partial charge >= 0.3 is 5.97 Å². The Morgan fingerprint density at radius 3 is 2.60 bits per heavy atom. The Morgan fingerprint density at radius 2 is 2.03 bits per heavy atom. The fraction of sp³-hybridized carbons (Fsp3) is 0.524. The van der Waals surface area contributed by atoms with Crippen molar-refractivity contribution in [2.75, 3.05) is 27.1 Å². The van der Waals surface area contributed by atoms with Crippen LogP contribution < -0.4 is 14.2 Å². The van der Waals surface area contributed by atoms with Crippen LogP contribution in [-0.4, -0.2) is 43.7 Å². The monoisotopic (exact) mass is 421 g/mol. The van der Waals surface area contributed by atoms with E-state index < -0.39 is 40.5 Å². The summed E-state index contributed by atoms with van der Waals surface area (Å²) in [6, 6.07) is 3.07. The first kappa shape index (κ1) is 23.2. The predicted molar refractivity (Wildman–Crippen MR) is 107 cm³/mol. The van der Waals surface area contributed by atoms with Gasteiger partial charge in [0.1, 0.15) is 5.92 Å². The van der Waals surface area contributed by atoms with Crippen molar-refractivity contribution < 1.29 is 33.5 Å². The topological polar surface area (TPSA) is 114 Å². The van der Waals surface area contributed by atoms with Crippen molar-refractivity contribution in [1.82, 2.24) is 0 Å². The van der Waals surface area contributed by atoms with Crippen LogP contribution >= 0.6 is 0 Å². The van der Waals surface area contributed by atoms with Crippen molar-refractivity contribution in [3.05, 3.63) is 40.0 Å². The van der Waals surface area contributed by atoms with E-state index in [1.807, 2.05) is 0 Å². The molecule has 164 valence electrons. The second-order valence-corrected chi connectivity index (χ2v) is 7.39. The summed E-state index contributed by atoms with van der Waals surface area (Å²) in [6.45, 7) is 6.06. The Labute approximate surface area is 175 Å². The zero-order valence-electron chi connectivity index (χ0n) is 17.8. The maximum Gasteiger partial charge on any atom is 0.317 e. The molecular formula is C21H27NO8. The van der Waals surface area contributed by atoms with Crippen LogP contribution in [0.15, 0.2) is 24.3 Å². The van der Waals surface area contributed by atoms with Crippen LogP contribution in [0.2, 0.25) is 0 Å². The number of methoxy groups -OCH3 is 1. The summed E-state index contributed by atoms with van der Waals surface area (Å²) < 4.78 is 21.2. The van der Waals surface area contributed by atoms with E-state index >= 15 is 0 Å². The summed E-state index contributed by atoms with van der Waals surface area (Å²) in [7, 11) is 1.42. The third kappa shape index (κ3) is 4.90. The normalized spacial score (nSPS) is 15.0. The first-order valence-electron chi connectivity index (χ1n) is 9.60. The molecule has 2 unspecified atom stereocenters. The van der Waals surface area contributed by atoms with Crippen molar-refractivity contribution in [3.63, 3.8) is 0 Å². The minimum Gasteiger partial charge on any atom is -0.493 e. The van der Waals surface area contributed by atoms with Crippen molar-refractivity contribution in [2.24, 2.45) is 11.3 Å². The number of benzene rings is 1. The van der Waals surface area contributed by atoms with Gasteiger partial charge < -0.3 is 18.9 Å². The molecule has 1 aromatic carbocycles. The number of nitrogens with zero attached hydrogens (tertiary/aromatic N) is 1. The highest BCUT2D eigenvalue weighted by Crippen LogP contribution is 2.45. The molecule has 0 fully saturated rings. The molecule has 0 spiro atoms. The van der Waals surface area contributed by atoms with Crippen LogP contribution in [0.1, 0.15) is 39.2 Å². The molecule has 0 aromatic heterocycles. The highest BCUT2D eigenvalue weighted by atomic mass is 16.7. The Hall–Kier alpha value is -3.10. The molecular weight excluding hydrogens is 394 g/mol. The predicted octanol–water partition coefficient (Wildman–Crippen LogP) is 3.13. The number of carbonyl (C=O) groups is 2. The number of carbonyl (C=O) groups excluding carboxylic acids is 2. The zero-order valence-corrected chi connectivity index (χ0v) is 17.8. The van der Waals surface area contributed by atoms with Crippen LogP contribution in [0.25, 0.3) is 0 Å². The van der Waals surface area contributed by atoms with Crippen LogP contribution in [-0.2, 0) is 14.3 Å². The van der Waals surface area contributed by atoms with Crippen molar-refractivity contribution in [3.8, 4) is 17.2 Å². The Morgan fingerprint density at radius 1 is 1.33 bits per heavy atom.